The third-order valence-electron chi connectivity index (χ3n) is 3.39. The Kier molecular flexibility index (Phi) is 3.53. The van der Waals surface area contributed by atoms with Gasteiger partial charge in [0, 0.05) is 0 Å². The number of hydrogen-bond donors (Lipinski definition) is 4. The molecule has 10 nitrogen and oxygen atoms in total. The van der Waals surface area contributed by atoms with E-state index in [0.29, 0.717) is 0 Å². The van der Waals surface area contributed by atoms with E-state index in [9.17, 15) is 15.0 Å². The smallest absolute Gasteiger partial charge is 0.281 e. The molecule has 0 bridgehead atoms. The minimum Gasteiger partial charge on any atom is -0.394 e. The first kappa shape index (κ1) is 14.5. The number of aliphatic hydroxyl groups is 3. The number of fused-ring (bicyclic) bond motifs is 1. The van der Waals surface area contributed by atoms with E-state index in [1.165, 1.54) is 4.90 Å². The van der Waals surface area contributed by atoms with Crippen molar-refractivity contribution in [1.29, 1.82) is 0 Å². The maximum Gasteiger partial charge on any atom is 0.281 e. The molecule has 3 rings (SSSR count). The van der Waals surface area contributed by atoms with Crippen molar-refractivity contribution in [2.45, 2.75) is 30.6 Å². The summed E-state index contributed by atoms with van der Waals surface area (Å²) in [7, 11) is 0. The van der Waals surface area contributed by atoms with E-state index < -0.39 is 43.1 Å². The molecule has 0 saturated carbocycles. The van der Waals surface area contributed by atoms with Crippen molar-refractivity contribution in [3.05, 3.63) is 0 Å². The molecule has 0 aromatic carbocycles. The highest BCUT2D eigenvalue weighted by molar-refractivity contribution is 9.18. The predicted molar refractivity (Wildman–Crippen MR) is 73.8 cm³/mol. The van der Waals surface area contributed by atoms with Crippen molar-refractivity contribution in [2.75, 3.05) is 6.61 Å². The van der Waals surface area contributed by atoms with Crippen LogP contribution in [0.5, 0.6) is 0 Å². The summed E-state index contributed by atoms with van der Waals surface area (Å²) < 4.78 is 5.60. The van der Waals surface area contributed by atoms with Crippen molar-refractivity contribution in [3.8, 4) is 0 Å². The number of rotatable bonds is 2. The lowest BCUT2D eigenvalue weighted by molar-refractivity contribution is -0.117. The first-order valence-electron chi connectivity index (χ1n) is 6.05. The van der Waals surface area contributed by atoms with Gasteiger partial charge in [0.05, 0.1) is 6.61 Å². The Labute approximate surface area is 126 Å². The molecule has 0 aromatic rings. The van der Waals surface area contributed by atoms with Gasteiger partial charge in [0.15, 0.2) is 22.9 Å². The number of aliphatic hydroxyl groups excluding tert-OH is 3. The van der Waals surface area contributed by atoms with E-state index in [1.807, 2.05) is 0 Å². The Hall–Kier alpha value is -1.40. The maximum atomic E-state index is 11.8. The summed E-state index contributed by atoms with van der Waals surface area (Å²) in [6, 6.07) is -0.965. The molecular weight excluding hydrogens is 350 g/mol. The molecule has 1 unspecified atom stereocenters. The lowest BCUT2D eigenvalue weighted by Crippen LogP contribution is -2.50. The molecule has 3 aliphatic heterocycles. The third kappa shape index (κ3) is 2.17. The average Bonchev–Trinajstić information content (AvgIpc) is 2.89. The number of amidine groups is 2. The molecular formula is C10H12BrN5O5. The minimum atomic E-state index is -1.32. The van der Waals surface area contributed by atoms with Gasteiger partial charge >= 0.3 is 0 Å². The second-order valence-corrected chi connectivity index (χ2v) is 5.39. The predicted octanol–water partition coefficient (Wildman–Crippen LogP) is -2.89. The Bertz CT molecular complexity index is 578. The average molecular weight is 362 g/mol. The van der Waals surface area contributed by atoms with E-state index >= 15 is 0 Å². The number of hydrogen-bond acceptors (Lipinski definition) is 9. The van der Waals surface area contributed by atoms with Crippen molar-refractivity contribution >= 4 is 38.4 Å². The van der Waals surface area contributed by atoms with Gasteiger partial charge in [-0.3, -0.25) is 9.69 Å². The van der Waals surface area contributed by atoms with Gasteiger partial charge in [-0.25, -0.2) is 4.99 Å². The second-order valence-electron chi connectivity index (χ2n) is 4.68. The molecule has 1 fully saturated rings. The van der Waals surface area contributed by atoms with Crippen LogP contribution < -0.4 is 5.73 Å². The van der Waals surface area contributed by atoms with Crippen molar-refractivity contribution in [3.63, 3.8) is 0 Å². The molecule has 0 spiro atoms. The molecule has 5 N–H and O–H groups in total. The zero-order valence-electron chi connectivity index (χ0n) is 10.5. The number of nitrogens with two attached hydrogens (primary N) is 1. The fourth-order valence-electron chi connectivity index (χ4n) is 2.38. The standard InChI is InChI=1S/C10H12BrN5O5/c11-9-13-3-6(14-10(12)15-7(3)20)16(9)8-5(19)4(18)2(1-17)21-8/h2-5,8,17-19H,1H2,(H2,12,15,20)/t2-,3?,4-,5-,8-/m0/s1. The number of carbonyl (C=O) groups excluding carboxylic acids is 1. The number of amides is 1. The highest BCUT2D eigenvalue weighted by Crippen LogP contribution is 2.30. The number of ether oxygens (including phenoxy) is 1. The molecule has 21 heavy (non-hydrogen) atoms. The zero-order chi connectivity index (χ0) is 15.3. The van der Waals surface area contributed by atoms with Crippen molar-refractivity contribution in [2.24, 2.45) is 20.7 Å². The van der Waals surface area contributed by atoms with Crippen LogP contribution in [0.15, 0.2) is 15.0 Å². The van der Waals surface area contributed by atoms with E-state index in [0.717, 1.165) is 0 Å². The van der Waals surface area contributed by atoms with Gasteiger partial charge in [-0.1, -0.05) is 0 Å². The topological polar surface area (TPSA) is 153 Å². The Morgan fingerprint density at radius 1 is 1.33 bits per heavy atom. The van der Waals surface area contributed by atoms with E-state index in [4.69, 9.17) is 15.6 Å². The van der Waals surface area contributed by atoms with Gasteiger partial charge in [0.25, 0.3) is 5.91 Å². The van der Waals surface area contributed by atoms with Crippen LogP contribution in [-0.2, 0) is 9.53 Å². The van der Waals surface area contributed by atoms with Crippen LogP contribution in [0.2, 0.25) is 0 Å². The molecule has 0 aliphatic carbocycles. The molecule has 1 saturated heterocycles. The monoisotopic (exact) mass is 361 g/mol. The molecule has 3 aliphatic rings. The third-order valence-corrected chi connectivity index (χ3v) is 3.97. The summed E-state index contributed by atoms with van der Waals surface area (Å²) in [6.07, 6.45) is -4.60. The van der Waals surface area contributed by atoms with E-state index in [2.05, 4.69) is 30.9 Å². The molecule has 0 aromatic heterocycles. The second kappa shape index (κ2) is 5.10. The van der Waals surface area contributed by atoms with E-state index in [1.54, 1.807) is 0 Å². The SMILES string of the molecule is NC1=NC(=O)C2N=C(Br)N([C@H]3O[C@@H](CO)[C@H](O)[C@@H]3O)C2=N1. The summed E-state index contributed by atoms with van der Waals surface area (Å²) in [6.45, 7) is -0.463. The van der Waals surface area contributed by atoms with Crippen LogP contribution in [0.1, 0.15) is 0 Å². The van der Waals surface area contributed by atoms with E-state index in [-0.39, 0.29) is 16.5 Å². The van der Waals surface area contributed by atoms with Crippen LogP contribution in [0.4, 0.5) is 0 Å². The number of halogens is 1. The lowest BCUT2D eigenvalue weighted by Gasteiger charge is -2.28. The normalized spacial score (nSPS) is 39.0. The fourth-order valence-corrected chi connectivity index (χ4v) is 2.97. The van der Waals surface area contributed by atoms with Crippen LogP contribution in [0.3, 0.4) is 0 Å². The van der Waals surface area contributed by atoms with Gasteiger partial charge in [-0.15, -0.1) is 0 Å². The highest BCUT2D eigenvalue weighted by Gasteiger charge is 2.51. The molecule has 5 atom stereocenters. The fraction of sp³-hybridized carbons (Fsp3) is 0.600. The summed E-state index contributed by atoms with van der Waals surface area (Å²) >= 11 is 3.16. The number of aliphatic imine (C=N–C) groups is 3. The lowest BCUT2D eigenvalue weighted by atomic mass is 10.1. The van der Waals surface area contributed by atoms with Gasteiger partial charge in [0.2, 0.25) is 5.96 Å². The van der Waals surface area contributed by atoms with Crippen LogP contribution >= 0.6 is 15.9 Å². The van der Waals surface area contributed by atoms with Gasteiger partial charge in [-0.05, 0) is 15.9 Å². The zero-order valence-corrected chi connectivity index (χ0v) is 12.1. The summed E-state index contributed by atoms with van der Waals surface area (Å²) in [4.78, 5) is 24.6. The number of carbonyl (C=O) groups is 1. The number of nitrogens with zero attached hydrogens (tertiary/aromatic N) is 4. The molecule has 0 radical (unpaired) electrons. The molecule has 1 amide bonds. The molecule has 11 heteroatoms. The highest BCUT2D eigenvalue weighted by atomic mass is 79.9. The first-order chi connectivity index (χ1) is 9.93. The van der Waals surface area contributed by atoms with Crippen molar-refractivity contribution in [1.82, 2.24) is 4.90 Å². The summed E-state index contributed by atoms with van der Waals surface area (Å²) in [5.41, 5.74) is 5.46. The number of guanidine groups is 1. The summed E-state index contributed by atoms with van der Waals surface area (Å²) in [5, 5.41) is 29.0. The minimum absolute atomic E-state index is 0.147. The summed E-state index contributed by atoms with van der Waals surface area (Å²) in [5.74, 6) is -0.654. The van der Waals surface area contributed by atoms with Crippen LogP contribution in [0, 0.1) is 0 Å². The van der Waals surface area contributed by atoms with Crippen LogP contribution in [-0.4, -0.2) is 79.9 Å². The van der Waals surface area contributed by atoms with Gasteiger partial charge in [-0.2, -0.15) is 9.98 Å². The largest absolute Gasteiger partial charge is 0.394 e. The Morgan fingerprint density at radius 2 is 2.05 bits per heavy atom. The first-order valence-corrected chi connectivity index (χ1v) is 6.85. The molecule has 3 heterocycles. The van der Waals surface area contributed by atoms with Crippen molar-refractivity contribution < 1.29 is 24.9 Å². The maximum absolute atomic E-state index is 11.8. The van der Waals surface area contributed by atoms with Gasteiger partial charge in [0.1, 0.15) is 18.3 Å². The van der Waals surface area contributed by atoms with Gasteiger partial charge < -0.3 is 25.8 Å². The quantitative estimate of drug-likeness (QED) is 0.385. The Morgan fingerprint density at radius 3 is 2.67 bits per heavy atom. The Balaban J connectivity index is 1.94. The molecule has 114 valence electrons. The van der Waals surface area contributed by atoms with Crippen LogP contribution in [0.25, 0.3) is 0 Å².